The van der Waals surface area contributed by atoms with Crippen LogP contribution in [-0.4, -0.2) is 17.2 Å². The van der Waals surface area contributed by atoms with Gasteiger partial charge in [-0.15, -0.1) is 0 Å². The molecule has 0 saturated heterocycles. The number of nitrogens with zero attached hydrogens (tertiary/aromatic N) is 1. The number of aromatic nitrogens is 1. The van der Waals surface area contributed by atoms with Crippen LogP contribution in [0.4, 0.5) is 0 Å². The van der Waals surface area contributed by atoms with Gasteiger partial charge in [0.15, 0.2) is 0 Å². The zero-order valence-corrected chi connectivity index (χ0v) is 12.6. The SMILES string of the molecule is COc1ccc(Cl)cc1CC(O)c1cc(C)nc(C)c1. The Hall–Kier alpha value is -1.58. The predicted molar refractivity (Wildman–Crippen MR) is 80.4 cm³/mol. The van der Waals surface area contributed by atoms with Gasteiger partial charge >= 0.3 is 0 Å². The van der Waals surface area contributed by atoms with Crippen molar-refractivity contribution in [1.82, 2.24) is 4.98 Å². The number of halogens is 1. The number of ether oxygens (including phenoxy) is 1. The molecule has 106 valence electrons. The van der Waals surface area contributed by atoms with Crippen molar-refractivity contribution in [3.8, 4) is 5.75 Å². The molecule has 3 nitrogen and oxygen atoms in total. The molecule has 1 aromatic heterocycles. The van der Waals surface area contributed by atoms with Gasteiger partial charge in [0.25, 0.3) is 0 Å². The molecule has 4 heteroatoms. The highest BCUT2D eigenvalue weighted by Crippen LogP contribution is 2.28. The number of hydrogen-bond donors (Lipinski definition) is 1. The highest BCUT2D eigenvalue weighted by atomic mass is 35.5. The summed E-state index contributed by atoms with van der Waals surface area (Å²) in [5, 5.41) is 11.0. The van der Waals surface area contributed by atoms with E-state index in [4.69, 9.17) is 16.3 Å². The molecule has 1 N–H and O–H groups in total. The van der Waals surface area contributed by atoms with Crippen LogP contribution in [0.25, 0.3) is 0 Å². The largest absolute Gasteiger partial charge is 0.496 e. The lowest BCUT2D eigenvalue weighted by Gasteiger charge is -2.15. The predicted octanol–water partition coefficient (Wildman–Crippen LogP) is 3.64. The molecule has 0 aliphatic rings. The first-order valence-electron chi connectivity index (χ1n) is 6.45. The van der Waals surface area contributed by atoms with Crippen LogP contribution in [0.2, 0.25) is 5.02 Å². The van der Waals surface area contributed by atoms with Crippen molar-refractivity contribution in [3.05, 3.63) is 57.9 Å². The van der Waals surface area contributed by atoms with E-state index in [0.717, 1.165) is 28.3 Å². The molecule has 0 aliphatic heterocycles. The average molecular weight is 292 g/mol. The van der Waals surface area contributed by atoms with E-state index in [1.54, 1.807) is 13.2 Å². The summed E-state index contributed by atoms with van der Waals surface area (Å²) in [6, 6.07) is 9.21. The summed E-state index contributed by atoms with van der Waals surface area (Å²) in [5.41, 5.74) is 3.55. The lowest BCUT2D eigenvalue weighted by Crippen LogP contribution is -2.05. The Morgan fingerprint density at radius 2 is 1.85 bits per heavy atom. The number of hydrogen-bond acceptors (Lipinski definition) is 3. The third-order valence-corrected chi connectivity index (χ3v) is 3.38. The molecule has 1 aromatic carbocycles. The molecular formula is C16H18ClNO2. The zero-order valence-electron chi connectivity index (χ0n) is 11.9. The molecule has 2 aromatic rings. The van der Waals surface area contributed by atoms with Crippen molar-refractivity contribution >= 4 is 11.6 Å². The van der Waals surface area contributed by atoms with Gasteiger partial charge < -0.3 is 9.84 Å². The number of methoxy groups -OCH3 is 1. The normalized spacial score (nSPS) is 12.2. The van der Waals surface area contributed by atoms with Gasteiger partial charge in [-0.1, -0.05) is 11.6 Å². The van der Waals surface area contributed by atoms with Crippen molar-refractivity contribution in [3.63, 3.8) is 0 Å². The van der Waals surface area contributed by atoms with Gasteiger partial charge in [-0.3, -0.25) is 4.98 Å². The minimum atomic E-state index is -0.609. The van der Waals surface area contributed by atoms with E-state index in [9.17, 15) is 5.11 Å². The Morgan fingerprint density at radius 3 is 2.45 bits per heavy atom. The van der Waals surface area contributed by atoms with Gasteiger partial charge in [0.05, 0.1) is 13.2 Å². The molecule has 1 atom stereocenters. The molecule has 0 radical (unpaired) electrons. The van der Waals surface area contributed by atoms with Crippen LogP contribution in [0.5, 0.6) is 5.75 Å². The summed E-state index contributed by atoms with van der Waals surface area (Å²) in [6.45, 7) is 3.84. The second-order valence-electron chi connectivity index (χ2n) is 4.86. The maximum Gasteiger partial charge on any atom is 0.122 e. The van der Waals surface area contributed by atoms with Gasteiger partial charge in [-0.05, 0) is 55.3 Å². The van der Waals surface area contributed by atoms with E-state index in [1.807, 2.05) is 38.1 Å². The van der Waals surface area contributed by atoms with Gasteiger partial charge in [-0.2, -0.15) is 0 Å². The lowest BCUT2D eigenvalue weighted by atomic mass is 10.0. The average Bonchev–Trinajstić information content (AvgIpc) is 2.37. The van der Waals surface area contributed by atoms with Crippen LogP contribution >= 0.6 is 11.6 Å². The van der Waals surface area contributed by atoms with Gasteiger partial charge in [0.1, 0.15) is 5.75 Å². The van der Waals surface area contributed by atoms with Crippen LogP contribution < -0.4 is 4.74 Å². The molecule has 0 spiro atoms. The van der Waals surface area contributed by atoms with Crippen LogP contribution in [0, 0.1) is 13.8 Å². The number of pyridine rings is 1. The summed E-state index contributed by atoms with van der Waals surface area (Å²) in [4.78, 5) is 4.31. The summed E-state index contributed by atoms with van der Waals surface area (Å²) < 4.78 is 5.30. The third kappa shape index (κ3) is 3.50. The topological polar surface area (TPSA) is 42.4 Å². The standard InChI is InChI=1S/C16H18ClNO2/c1-10-6-12(7-11(2)18-10)15(19)9-13-8-14(17)4-5-16(13)20-3/h4-8,15,19H,9H2,1-3H3. The molecule has 0 aliphatic carbocycles. The molecule has 0 bridgehead atoms. The molecule has 0 saturated carbocycles. The molecule has 1 unspecified atom stereocenters. The van der Waals surface area contributed by atoms with Gasteiger partial charge in [0.2, 0.25) is 0 Å². The molecule has 0 fully saturated rings. The Balaban J connectivity index is 2.27. The fraction of sp³-hybridized carbons (Fsp3) is 0.312. The van der Waals surface area contributed by atoms with Crippen LogP contribution in [0.1, 0.15) is 28.6 Å². The Bertz CT molecular complexity index is 593. The van der Waals surface area contributed by atoms with E-state index >= 15 is 0 Å². The number of aliphatic hydroxyl groups excluding tert-OH is 1. The zero-order chi connectivity index (χ0) is 14.7. The minimum Gasteiger partial charge on any atom is -0.496 e. The summed E-state index contributed by atoms with van der Waals surface area (Å²) in [7, 11) is 1.61. The van der Waals surface area contributed by atoms with E-state index in [0.29, 0.717) is 11.4 Å². The number of benzene rings is 1. The minimum absolute atomic E-state index is 0.451. The Morgan fingerprint density at radius 1 is 1.20 bits per heavy atom. The monoisotopic (exact) mass is 291 g/mol. The third-order valence-electron chi connectivity index (χ3n) is 3.14. The molecule has 0 amide bonds. The first kappa shape index (κ1) is 14.8. The second kappa shape index (κ2) is 6.25. The highest BCUT2D eigenvalue weighted by Gasteiger charge is 2.13. The lowest BCUT2D eigenvalue weighted by molar-refractivity contribution is 0.177. The Labute approximate surface area is 124 Å². The quantitative estimate of drug-likeness (QED) is 0.935. The number of aliphatic hydroxyl groups is 1. The Kier molecular flexibility index (Phi) is 4.63. The molecule has 1 heterocycles. The summed E-state index contributed by atoms with van der Waals surface area (Å²) in [6.07, 6.45) is -0.158. The van der Waals surface area contributed by atoms with Crippen molar-refractivity contribution in [2.24, 2.45) is 0 Å². The van der Waals surface area contributed by atoms with E-state index in [-0.39, 0.29) is 0 Å². The fourth-order valence-corrected chi connectivity index (χ4v) is 2.49. The fourth-order valence-electron chi connectivity index (χ4n) is 2.29. The van der Waals surface area contributed by atoms with E-state index < -0.39 is 6.10 Å². The van der Waals surface area contributed by atoms with Crippen LogP contribution in [-0.2, 0) is 6.42 Å². The van der Waals surface area contributed by atoms with E-state index in [1.165, 1.54) is 0 Å². The number of rotatable bonds is 4. The maximum absolute atomic E-state index is 10.4. The van der Waals surface area contributed by atoms with E-state index in [2.05, 4.69) is 4.98 Å². The van der Waals surface area contributed by atoms with Crippen molar-refractivity contribution in [2.75, 3.05) is 7.11 Å². The van der Waals surface area contributed by atoms with Crippen molar-refractivity contribution < 1.29 is 9.84 Å². The van der Waals surface area contributed by atoms with Gasteiger partial charge in [0, 0.05) is 22.8 Å². The highest BCUT2D eigenvalue weighted by molar-refractivity contribution is 6.30. The maximum atomic E-state index is 10.4. The first-order valence-corrected chi connectivity index (χ1v) is 6.83. The van der Waals surface area contributed by atoms with Crippen LogP contribution in [0.15, 0.2) is 30.3 Å². The summed E-state index contributed by atoms with van der Waals surface area (Å²) >= 11 is 6.01. The number of aryl methyl sites for hydroxylation is 2. The van der Waals surface area contributed by atoms with Gasteiger partial charge in [-0.25, -0.2) is 0 Å². The molecule has 20 heavy (non-hydrogen) atoms. The summed E-state index contributed by atoms with van der Waals surface area (Å²) in [5.74, 6) is 0.732. The van der Waals surface area contributed by atoms with Crippen molar-refractivity contribution in [2.45, 2.75) is 26.4 Å². The second-order valence-corrected chi connectivity index (χ2v) is 5.30. The smallest absolute Gasteiger partial charge is 0.122 e. The van der Waals surface area contributed by atoms with Crippen molar-refractivity contribution in [1.29, 1.82) is 0 Å². The molecule has 2 rings (SSSR count). The van der Waals surface area contributed by atoms with Crippen LogP contribution in [0.3, 0.4) is 0 Å². The molecular weight excluding hydrogens is 274 g/mol. The first-order chi connectivity index (χ1) is 9.49.